The third-order valence-electron chi connectivity index (χ3n) is 3.13. The number of carboxylic acid groups (broad SMARTS) is 1. The number of carboxylic acids is 1. The molecule has 6 heteroatoms. The molecule has 1 N–H and O–H groups in total. The van der Waals surface area contributed by atoms with Crippen molar-refractivity contribution in [1.82, 2.24) is 14.7 Å². The molecule has 0 saturated carbocycles. The van der Waals surface area contributed by atoms with Crippen LogP contribution in [0.3, 0.4) is 0 Å². The van der Waals surface area contributed by atoms with Gasteiger partial charge in [0.05, 0.1) is 12.1 Å². The van der Waals surface area contributed by atoms with Gasteiger partial charge in [-0.05, 0) is 19.9 Å². The fourth-order valence-electron chi connectivity index (χ4n) is 2.23. The van der Waals surface area contributed by atoms with Gasteiger partial charge < -0.3 is 10.0 Å². The molecule has 0 aromatic carbocycles. The van der Waals surface area contributed by atoms with Gasteiger partial charge in [-0.2, -0.15) is 5.10 Å². The van der Waals surface area contributed by atoms with Gasteiger partial charge in [0.2, 0.25) is 0 Å². The Bertz CT molecular complexity index is 475. The van der Waals surface area contributed by atoms with Gasteiger partial charge in [0.15, 0.2) is 0 Å². The molecule has 1 aliphatic heterocycles. The van der Waals surface area contributed by atoms with Gasteiger partial charge in [-0.15, -0.1) is 0 Å². The van der Waals surface area contributed by atoms with E-state index in [4.69, 9.17) is 5.11 Å². The summed E-state index contributed by atoms with van der Waals surface area (Å²) in [5.74, 6) is -0.772. The zero-order valence-corrected chi connectivity index (χ0v) is 10.6. The number of aliphatic carboxylic acids is 1. The average molecular weight is 251 g/mol. The van der Waals surface area contributed by atoms with E-state index in [1.165, 1.54) is 0 Å². The number of carbonyl (C=O) groups excluding carboxylic acids is 1. The number of aryl methyl sites for hydroxylation is 2. The van der Waals surface area contributed by atoms with E-state index in [9.17, 15) is 9.59 Å². The molecule has 1 amide bonds. The van der Waals surface area contributed by atoms with Gasteiger partial charge in [-0.25, -0.2) is 0 Å². The van der Waals surface area contributed by atoms with Crippen LogP contribution in [0.4, 0.5) is 0 Å². The number of likely N-dealkylation sites (tertiary alicyclic amines) is 1. The molecular formula is C12H17N3O3. The Morgan fingerprint density at radius 3 is 2.72 bits per heavy atom. The maximum atomic E-state index is 12.2. The summed E-state index contributed by atoms with van der Waals surface area (Å²) in [6, 6.07) is 1.77. The Morgan fingerprint density at radius 2 is 2.17 bits per heavy atom. The lowest BCUT2D eigenvalue weighted by molar-refractivity contribution is -0.139. The van der Waals surface area contributed by atoms with Crippen molar-refractivity contribution in [3.8, 4) is 0 Å². The monoisotopic (exact) mass is 251 g/mol. The molecule has 0 aliphatic carbocycles. The molecule has 0 radical (unpaired) electrons. The van der Waals surface area contributed by atoms with E-state index >= 15 is 0 Å². The van der Waals surface area contributed by atoms with Crippen LogP contribution in [0.2, 0.25) is 0 Å². The molecule has 0 unspecified atom stereocenters. The molecule has 2 heterocycles. The second-order valence-electron chi connectivity index (χ2n) is 4.66. The second kappa shape index (κ2) is 4.80. The lowest BCUT2D eigenvalue weighted by atomic mass is 9.96. The highest BCUT2D eigenvalue weighted by molar-refractivity contribution is 5.93. The third kappa shape index (κ3) is 2.37. The van der Waals surface area contributed by atoms with E-state index in [1.54, 1.807) is 15.6 Å². The van der Waals surface area contributed by atoms with E-state index in [2.05, 4.69) is 5.10 Å². The minimum atomic E-state index is -0.804. The van der Waals surface area contributed by atoms with E-state index < -0.39 is 5.97 Å². The van der Waals surface area contributed by atoms with Gasteiger partial charge in [0.25, 0.3) is 5.91 Å². The van der Waals surface area contributed by atoms with E-state index in [-0.39, 0.29) is 18.2 Å². The Hall–Kier alpha value is -1.85. The second-order valence-corrected chi connectivity index (χ2v) is 4.66. The number of carbonyl (C=O) groups is 2. The highest BCUT2D eigenvalue weighted by Crippen LogP contribution is 2.21. The molecule has 0 bridgehead atoms. The van der Waals surface area contributed by atoms with Gasteiger partial charge in [-0.3, -0.25) is 14.3 Å². The fourth-order valence-corrected chi connectivity index (χ4v) is 2.23. The van der Waals surface area contributed by atoms with Crippen molar-refractivity contribution in [3.63, 3.8) is 0 Å². The average Bonchev–Trinajstić information content (AvgIpc) is 2.63. The fraction of sp³-hybridized carbons (Fsp3) is 0.583. The minimum Gasteiger partial charge on any atom is -0.481 e. The summed E-state index contributed by atoms with van der Waals surface area (Å²) in [6.45, 7) is 5.50. The summed E-state index contributed by atoms with van der Waals surface area (Å²) in [6.07, 6.45) is 0.135. The lowest BCUT2D eigenvalue weighted by Gasteiger charge is -2.38. The zero-order chi connectivity index (χ0) is 13.3. The van der Waals surface area contributed by atoms with Crippen molar-refractivity contribution in [2.75, 3.05) is 13.1 Å². The third-order valence-corrected chi connectivity index (χ3v) is 3.13. The van der Waals surface area contributed by atoms with E-state index in [0.717, 1.165) is 5.69 Å². The van der Waals surface area contributed by atoms with Gasteiger partial charge in [-0.1, -0.05) is 0 Å². The van der Waals surface area contributed by atoms with Crippen LogP contribution < -0.4 is 0 Å². The molecule has 1 saturated heterocycles. The quantitative estimate of drug-likeness (QED) is 0.857. The first-order valence-electron chi connectivity index (χ1n) is 6.06. The highest BCUT2D eigenvalue weighted by atomic mass is 16.4. The Labute approximate surface area is 105 Å². The van der Waals surface area contributed by atoms with Crippen molar-refractivity contribution in [2.45, 2.75) is 26.8 Å². The van der Waals surface area contributed by atoms with Crippen molar-refractivity contribution in [3.05, 3.63) is 17.5 Å². The summed E-state index contributed by atoms with van der Waals surface area (Å²) in [5.41, 5.74) is 1.41. The van der Waals surface area contributed by atoms with E-state index in [1.807, 2.05) is 13.8 Å². The number of rotatable bonds is 4. The van der Waals surface area contributed by atoms with Crippen LogP contribution in [0.25, 0.3) is 0 Å². The molecule has 0 spiro atoms. The number of nitrogens with zero attached hydrogens (tertiary/aromatic N) is 3. The van der Waals surface area contributed by atoms with Crippen molar-refractivity contribution in [2.24, 2.45) is 5.92 Å². The predicted octanol–water partition coefficient (Wildman–Crippen LogP) is 0.758. The van der Waals surface area contributed by atoms with Gasteiger partial charge in [0.1, 0.15) is 5.69 Å². The largest absolute Gasteiger partial charge is 0.481 e. The molecule has 0 atom stereocenters. The van der Waals surface area contributed by atoms with Crippen LogP contribution in [-0.4, -0.2) is 44.8 Å². The number of hydrogen-bond acceptors (Lipinski definition) is 3. The molecule has 6 nitrogen and oxygen atoms in total. The van der Waals surface area contributed by atoms with Crippen LogP contribution in [-0.2, 0) is 11.3 Å². The van der Waals surface area contributed by atoms with Crippen LogP contribution in [0, 0.1) is 12.8 Å². The number of amides is 1. The molecule has 1 aliphatic rings. The SMILES string of the molecule is CCn1nc(C)cc1C(=O)N1CC(CC(=O)O)C1. The van der Waals surface area contributed by atoms with Crippen LogP contribution in [0.15, 0.2) is 6.07 Å². The number of hydrogen-bond donors (Lipinski definition) is 1. The molecular weight excluding hydrogens is 234 g/mol. The molecule has 1 aromatic rings. The molecule has 1 fully saturated rings. The number of aromatic nitrogens is 2. The zero-order valence-electron chi connectivity index (χ0n) is 10.6. The summed E-state index contributed by atoms with van der Waals surface area (Å²) in [7, 11) is 0. The Morgan fingerprint density at radius 1 is 1.50 bits per heavy atom. The molecule has 98 valence electrons. The first kappa shape index (κ1) is 12.6. The predicted molar refractivity (Wildman–Crippen MR) is 64.3 cm³/mol. The van der Waals surface area contributed by atoms with E-state index in [0.29, 0.717) is 25.3 Å². The molecule has 18 heavy (non-hydrogen) atoms. The summed E-state index contributed by atoms with van der Waals surface area (Å²) >= 11 is 0. The minimum absolute atomic E-state index is 0.0564. The maximum Gasteiger partial charge on any atom is 0.303 e. The Kier molecular flexibility index (Phi) is 3.36. The topological polar surface area (TPSA) is 75.4 Å². The summed E-state index contributed by atoms with van der Waals surface area (Å²) < 4.78 is 1.68. The smallest absolute Gasteiger partial charge is 0.303 e. The van der Waals surface area contributed by atoms with Crippen molar-refractivity contribution >= 4 is 11.9 Å². The summed E-state index contributed by atoms with van der Waals surface area (Å²) in [4.78, 5) is 24.4. The first-order valence-corrected chi connectivity index (χ1v) is 6.06. The standard InChI is InChI=1S/C12H17N3O3/c1-3-15-10(4-8(2)13-15)12(18)14-6-9(7-14)5-11(16)17/h4,9H,3,5-7H2,1-2H3,(H,16,17). The lowest BCUT2D eigenvalue weighted by Crippen LogP contribution is -2.51. The van der Waals surface area contributed by atoms with Crippen LogP contribution >= 0.6 is 0 Å². The normalized spacial score (nSPS) is 15.6. The van der Waals surface area contributed by atoms with Crippen molar-refractivity contribution < 1.29 is 14.7 Å². The van der Waals surface area contributed by atoms with Crippen LogP contribution in [0.5, 0.6) is 0 Å². The first-order chi connectivity index (χ1) is 8.51. The van der Waals surface area contributed by atoms with Gasteiger partial charge >= 0.3 is 5.97 Å². The summed E-state index contributed by atoms with van der Waals surface area (Å²) in [5, 5.41) is 12.9. The Balaban J connectivity index is 1.99. The van der Waals surface area contributed by atoms with Crippen molar-refractivity contribution in [1.29, 1.82) is 0 Å². The molecule has 2 rings (SSSR count). The highest BCUT2D eigenvalue weighted by Gasteiger charge is 2.33. The van der Waals surface area contributed by atoms with Crippen LogP contribution in [0.1, 0.15) is 29.5 Å². The molecule has 1 aromatic heterocycles. The maximum absolute atomic E-state index is 12.2. The van der Waals surface area contributed by atoms with Gasteiger partial charge in [0, 0.05) is 25.6 Å².